The standard InChI is InChI=1S/C28H28N2O5/c1-20-8-11-25(18-21(20)2)35-17-15-33-14-16-34-24-12-9-22(10-13-24)19-26-27(31)29-30(28(26)32)23-6-4-3-5-7-23/h3-13,18-19H,14-17H2,1-2H3,(H,29,31)/b26-19+. The number of nitrogens with one attached hydrogen (secondary N) is 1. The van der Waals surface area contributed by atoms with Crippen LogP contribution < -0.4 is 19.9 Å². The molecular formula is C28H28N2O5. The molecule has 1 aliphatic rings. The van der Waals surface area contributed by atoms with Crippen molar-refractivity contribution < 1.29 is 23.8 Å². The summed E-state index contributed by atoms with van der Waals surface area (Å²) in [5, 5.41) is 1.25. The first kappa shape index (κ1) is 24.0. The number of carbonyl (C=O) groups excluding carboxylic acids is 2. The molecule has 3 aromatic rings. The maximum atomic E-state index is 12.7. The molecule has 0 atom stereocenters. The van der Waals surface area contributed by atoms with Crippen molar-refractivity contribution >= 4 is 23.6 Å². The van der Waals surface area contributed by atoms with Gasteiger partial charge in [0.05, 0.1) is 18.9 Å². The molecule has 0 radical (unpaired) electrons. The zero-order valence-corrected chi connectivity index (χ0v) is 19.8. The van der Waals surface area contributed by atoms with E-state index in [1.54, 1.807) is 54.6 Å². The molecule has 3 aromatic carbocycles. The predicted molar refractivity (Wildman–Crippen MR) is 134 cm³/mol. The van der Waals surface area contributed by atoms with Gasteiger partial charge in [0, 0.05) is 0 Å². The number of hydrogen-bond acceptors (Lipinski definition) is 5. The molecule has 1 heterocycles. The summed E-state index contributed by atoms with van der Waals surface area (Å²) in [5.41, 5.74) is 6.45. The fourth-order valence-corrected chi connectivity index (χ4v) is 3.49. The van der Waals surface area contributed by atoms with Crippen LogP contribution in [0.25, 0.3) is 6.08 Å². The fraction of sp³-hybridized carbons (Fsp3) is 0.214. The van der Waals surface area contributed by atoms with Gasteiger partial charge in [0.1, 0.15) is 30.3 Å². The number of hydrazine groups is 1. The van der Waals surface area contributed by atoms with E-state index in [4.69, 9.17) is 14.2 Å². The molecule has 1 N–H and O–H groups in total. The molecule has 0 unspecified atom stereocenters. The summed E-state index contributed by atoms with van der Waals surface area (Å²) < 4.78 is 17.0. The zero-order valence-electron chi connectivity index (χ0n) is 19.8. The molecule has 1 saturated heterocycles. The molecule has 35 heavy (non-hydrogen) atoms. The molecule has 4 rings (SSSR count). The lowest BCUT2D eigenvalue weighted by atomic mass is 10.1. The highest BCUT2D eigenvalue weighted by Crippen LogP contribution is 2.22. The molecule has 0 spiro atoms. The molecular weight excluding hydrogens is 444 g/mol. The van der Waals surface area contributed by atoms with Gasteiger partial charge < -0.3 is 14.2 Å². The lowest BCUT2D eigenvalue weighted by Gasteiger charge is -2.13. The Morgan fingerprint density at radius 2 is 1.43 bits per heavy atom. The summed E-state index contributed by atoms with van der Waals surface area (Å²) in [6.07, 6.45) is 1.57. The van der Waals surface area contributed by atoms with Crippen LogP contribution in [0.2, 0.25) is 0 Å². The number of anilines is 1. The number of rotatable bonds is 10. The summed E-state index contributed by atoms with van der Waals surface area (Å²) in [7, 11) is 0. The Morgan fingerprint density at radius 1 is 0.771 bits per heavy atom. The van der Waals surface area contributed by atoms with Crippen molar-refractivity contribution in [2.75, 3.05) is 31.4 Å². The molecule has 0 aliphatic carbocycles. The zero-order chi connectivity index (χ0) is 24.6. The minimum absolute atomic E-state index is 0.0824. The molecule has 0 bridgehead atoms. The van der Waals surface area contributed by atoms with E-state index in [1.807, 2.05) is 24.3 Å². The van der Waals surface area contributed by atoms with Gasteiger partial charge >= 0.3 is 0 Å². The summed E-state index contributed by atoms with van der Waals surface area (Å²) in [6, 6.07) is 22.2. The molecule has 180 valence electrons. The molecule has 7 nitrogen and oxygen atoms in total. The summed E-state index contributed by atoms with van der Waals surface area (Å²) in [5.74, 6) is 0.695. The molecule has 0 saturated carbocycles. The van der Waals surface area contributed by atoms with Crippen LogP contribution in [-0.2, 0) is 14.3 Å². The highest BCUT2D eigenvalue weighted by Gasteiger charge is 2.34. The maximum absolute atomic E-state index is 12.7. The van der Waals surface area contributed by atoms with Crippen LogP contribution in [0.3, 0.4) is 0 Å². The van der Waals surface area contributed by atoms with E-state index in [9.17, 15) is 9.59 Å². The van der Waals surface area contributed by atoms with Crippen LogP contribution >= 0.6 is 0 Å². The lowest BCUT2D eigenvalue weighted by molar-refractivity contribution is -0.117. The maximum Gasteiger partial charge on any atom is 0.282 e. The minimum Gasteiger partial charge on any atom is -0.491 e. The average molecular weight is 473 g/mol. The topological polar surface area (TPSA) is 77.1 Å². The van der Waals surface area contributed by atoms with E-state index in [1.165, 1.54) is 16.1 Å². The predicted octanol–water partition coefficient (Wildman–Crippen LogP) is 4.24. The quantitative estimate of drug-likeness (QED) is 0.271. The summed E-state index contributed by atoms with van der Waals surface area (Å²) in [4.78, 5) is 25.0. The van der Waals surface area contributed by atoms with Crippen molar-refractivity contribution in [3.63, 3.8) is 0 Å². The highest BCUT2D eigenvalue weighted by atomic mass is 16.5. The Kier molecular flexibility index (Phi) is 7.80. The van der Waals surface area contributed by atoms with Crippen molar-refractivity contribution in [2.24, 2.45) is 0 Å². The van der Waals surface area contributed by atoms with Crippen molar-refractivity contribution in [2.45, 2.75) is 13.8 Å². The third kappa shape index (κ3) is 6.28. The van der Waals surface area contributed by atoms with Gasteiger partial charge in [-0.05, 0) is 73.0 Å². The third-order valence-corrected chi connectivity index (χ3v) is 5.57. The van der Waals surface area contributed by atoms with Gasteiger partial charge in [0.2, 0.25) is 0 Å². The molecule has 2 amide bonds. The number of hydrogen-bond donors (Lipinski definition) is 1. The number of nitrogens with zero attached hydrogens (tertiary/aromatic N) is 1. The van der Waals surface area contributed by atoms with E-state index >= 15 is 0 Å². The van der Waals surface area contributed by atoms with Crippen molar-refractivity contribution in [1.29, 1.82) is 0 Å². The second-order valence-electron chi connectivity index (χ2n) is 8.10. The van der Waals surface area contributed by atoms with Crippen LogP contribution in [0.5, 0.6) is 11.5 Å². The number of amides is 2. The monoisotopic (exact) mass is 472 g/mol. The average Bonchev–Trinajstić information content (AvgIpc) is 3.15. The Morgan fingerprint density at radius 3 is 2.11 bits per heavy atom. The number of para-hydroxylation sites is 1. The smallest absolute Gasteiger partial charge is 0.282 e. The van der Waals surface area contributed by atoms with E-state index in [-0.39, 0.29) is 11.5 Å². The van der Waals surface area contributed by atoms with E-state index in [2.05, 4.69) is 19.3 Å². The van der Waals surface area contributed by atoms with E-state index in [0.29, 0.717) is 37.9 Å². The van der Waals surface area contributed by atoms with Gasteiger partial charge in [-0.2, -0.15) is 0 Å². The lowest BCUT2D eigenvalue weighted by Crippen LogP contribution is -2.35. The van der Waals surface area contributed by atoms with Gasteiger partial charge in [-0.25, -0.2) is 5.01 Å². The number of benzene rings is 3. The molecule has 1 fully saturated rings. The Bertz CT molecular complexity index is 1210. The van der Waals surface area contributed by atoms with Gasteiger partial charge in [-0.15, -0.1) is 0 Å². The van der Waals surface area contributed by atoms with Crippen LogP contribution in [0.15, 0.2) is 78.4 Å². The highest BCUT2D eigenvalue weighted by molar-refractivity contribution is 6.31. The third-order valence-electron chi connectivity index (χ3n) is 5.57. The second-order valence-corrected chi connectivity index (χ2v) is 8.10. The SMILES string of the molecule is Cc1ccc(OCCOCCOc2ccc(/C=C3\C(=O)NN(c4ccccc4)C3=O)cc2)cc1C. The van der Waals surface area contributed by atoms with Crippen LogP contribution in [0.4, 0.5) is 5.69 Å². The normalized spacial score (nSPS) is 14.3. The Balaban J connectivity index is 1.20. The van der Waals surface area contributed by atoms with Gasteiger partial charge in [-0.3, -0.25) is 15.0 Å². The van der Waals surface area contributed by atoms with Crippen LogP contribution in [0, 0.1) is 13.8 Å². The van der Waals surface area contributed by atoms with Crippen LogP contribution in [-0.4, -0.2) is 38.2 Å². The minimum atomic E-state index is -0.433. The number of aryl methyl sites for hydroxylation is 2. The fourth-order valence-electron chi connectivity index (χ4n) is 3.49. The van der Waals surface area contributed by atoms with E-state index in [0.717, 1.165) is 11.3 Å². The van der Waals surface area contributed by atoms with Gasteiger partial charge in [0.25, 0.3) is 11.8 Å². The number of carbonyl (C=O) groups is 2. The van der Waals surface area contributed by atoms with E-state index < -0.39 is 5.91 Å². The second kappa shape index (κ2) is 11.4. The van der Waals surface area contributed by atoms with Gasteiger partial charge in [-0.1, -0.05) is 36.4 Å². The van der Waals surface area contributed by atoms with Crippen LogP contribution in [0.1, 0.15) is 16.7 Å². The largest absolute Gasteiger partial charge is 0.491 e. The Labute approximate surface area is 204 Å². The molecule has 1 aliphatic heterocycles. The summed E-state index contributed by atoms with van der Waals surface area (Å²) >= 11 is 0. The van der Waals surface area contributed by atoms with Gasteiger partial charge in [0.15, 0.2) is 0 Å². The summed E-state index contributed by atoms with van der Waals surface area (Å²) in [6.45, 7) is 5.91. The van der Waals surface area contributed by atoms with Crippen molar-refractivity contribution in [3.05, 3.63) is 95.1 Å². The number of ether oxygens (including phenoxy) is 3. The van der Waals surface area contributed by atoms with Crippen molar-refractivity contribution in [3.8, 4) is 11.5 Å². The first-order valence-corrected chi connectivity index (χ1v) is 11.4. The first-order chi connectivity index (χ1) is 17.0. The van der Waals surface area contributed by atoms with Crippen molar-refractivity contribution in [1.82, 2.24) is 5.43 Å². The molecule has 7 heteroatoms. The Hall–Kier alpha value is -4.10. The molecule has 0 aromatic heterocycles. The first-order valence-electron chi connectivity index (χ1n) is 11.4.